The maximum absolute atomic E-state index is 11.3. The predicted octanol–water partition coefficient (Wildman–Crippen LogP) is -0.269. The molecule has 0 heterocycles. The third kappa shape index (κ3) is 4.85. The van der Waals surface area contributed by atoms with E-state index >= 15 is 0 Å². The van der Waals surface area contributed by atoms with Crippen molar-refractivity contribution in [3.05, 3.63) is 0 Å². The number of nitrogens with one attached hydrogen (secondary N) is 2. The highest BCUT2D eigenvalue weighted by Gasteiger charge is 2.25. The maximum atomic E-state index is 11.3. The lowest BCUT2D eigenvalue weighted by atomic mass is 9.92. The molecule has 78 valence electrons. The largest absolute Gasteiger partial charge is 0.396 e. The number of aliphatic hydroxyl groups is 1. The van der Waals surface area contributed by atoms with Crippen LogP contribution in [0.5, 0.6) is 0 Å². The number of rotatable bonds is 6. The highest BCUT2D eigenvalue weighted by molar-refractivity contribution is 5.81. The maximum Gasteiger partial charge on any atom is 0.226 e. The molecule has 0 aromatic heterocycles. The molecule has 13 heavy (non-hydrogen) atoms. The molecule has 0 saturated carbocycles. The van der Waals surface area contributed by atoms with E-state index in [1.54, 1.807) is 7.05 Å². The van der Waals surface area contributed by atoms with E-state index in [1.165, 1.54) is 0 Å². The fourth-order valence-corrected chi connectivity index (χ4v) is 1.02. The third-order valence-corrected chi connectivity index (χ3v) is 1.92. The summed E-state index contributed by atoms with van der Waals surface area (Å²) in [6.07, 6.45) is 0.726. The molecule has 0 aromatic rings. The summed E-state index contributed by atoms with van der Waals surface area (Å²) < 4.78 is 0. The molecule has 0 bridgehead atoms. The van der Waals surface area contributed by atoms with Gasteiger partial charge in [-0.25, -0.2) is 0 Å². The second kappa shape index (κ2) is 5.94. The topological polar surface area (TPSA) is 61.4 Å². The van der Waals surface area contributed by atoms with Gasteiger partial charge in [0.05, 0.1) is 5.41 Å². The van der Waals surface area contributed by atoms with E-state index in [-0.39, 0.29) is 17.9 Å². The number of aliphatic hydroxyl groups excluding tert-OH is 1. The number of amides is 1. The quantitative estimate of drug-likeness (QED) is 0.503. The summed E-state index contributed by atoms with van der Waals surface area (Å²) in [5.74, 6) is 0.0315. The molecule has 0 spiro atoms. The summed E-state index contributed by atoms with van der Waals surface area (Å²) in [6.45, 7) is 5.34. The smallest absolute Gasteiger partial charge is 0.226 e. The molecule has 0 radical (unpaired) electrons. The Morgan fingerprint density at radius 1 is 1.46 bits per heavy atom. The average Bonchev–Trinajstić information content (AvgIpc) is 2.11. The Kier molecular flexibility index (Phi) is 5.66. The van der Waals surface area contributed by atoms with Crippen LogP contribution < -0.4 is 10.6 Å². The Balaban J connectivity index is 3.69. The molecule has 0 fully saturated rings. The molecule has 4 nitrogen and oxygen atoms in total. The van der Waals surface area contributed by atoms with Gasteiger partial charge in [-0.05, 0) is 26.8 Å². The lowest BCUT2D eigenvalue weighted by Crippen LogP contribution is -2.42. The number of hydrogen-bond donors (Lipinski definition) is 3. The van der Waals surface area contributed by atoms with Gasteiger partial charge in [0.2, 0.25) is 5.91 Å². The van der Waals surface area contributed by atoms with E-state index in [9.17, 15) is 4.79 Å². The molecule has 0 atom stereocenters. The molecule has 1 amide bonds. The highest BCUT2D eigenvalue weighted by atomic mass is 16.3. The first-order valence-corrected chi connectivity index (χ1v) is 4.58. The van der Waals surface area contributed by atoms with Crippen molar-refractivity contribution in [3.8, 4) is 0 Å². The van der Waals surface area contributed by atoms with Crippen molar-refractivity contribution in [2.45, 2.75) is 20.3 Å². The second-order valence-corrected chi connectivity index (χ2v) is 3.72. The van der Waals surface area contributed by atoms with E-state index in [2.05, 4.69) is 10.6 Å². The zero-order valence-corrected chi connectivity index (χ0v) is 8.68. The molecule has 0 saturated heterocycles. The first-order chi connectivity index (χ1) is 6.04. The molecular weight excluding hydrogens is 168 g/mol. The van der Waals surface area contributed by atoms with Crippen molar-refractivity contribution in [2.24, 2.45) is 5.41 Å². The second-order valence-electron chi connectivity index (χ2n) is 3.72. The SMILES string of the molecule is CNC(=O)C(C)(C)CNCCCO. The summed E-state index contributed by atoms with van der Waals surface area (Å²) in [7, 11) is 1.64. The van der Waals surface area contributed by atoms with Crippen LogP contribution in [-0.4, -0.2) is 37.8 Å². The van der Waals surface area contributed by atoms with Crippen LogP contribution in [0.3, 0.4) is 0 Å². The van der Waals surface area contributed by atoms with Crippen molar-refractivity contribution >= 4 is 5.91 Å². The highest BCUT2D eigenvalue weighted by Crippen LogP contribution is 2.12. The molecule has 0 aromatic carbocycles. The van der Waals surface area contributed by atoms with Gasteiger partial charge in [0, 0.05) is 20.2 Å². The molecule has 0 unspecified atom stereocenters. The van der Waals surface area contributed by atoms with Crippen LogP contribution >= 0.6 is 0 Å². The minimum absolute atomic E-state index is 0.0315. The average molecular weight is 188 g/mol. The van der Waals surface area contributed by atoms with Crippen molar-refractivity contribution in [3.63, 3.8) is 0 Å². The van der Waals surface area contributed by atoms with Gasteiger partial charge in [0.25, 0.3) is 0 Å². The Hall–Kier alpha value is -0.610. The fraction of sp³-hybridized carbons (Fsp3) is 0.889. The van der Waals surface area contributed by atoms with E-state index in [1.807, 2.05) is 13.8 Å². The van der Waals surface area contributed by atoms with Gasteiger partial charge < -0.3 is 15.7 Å². The van der Waals surface area contributed by atoms with Gasteiger partial charge >= 0.3 is 0 Å². The van der Waals surface area contributed by atoms with Crippen LogP contribution in [0.25, 0.3) is 0 Å². The zero-order chi connectivity index (χ0) is 10.3. The predicted molar refractivity (Wildman–Crippen MR) is 52.4 cm³/mol. The lowest BCUT2D eigenvalue weighted by Gasteiger charge is -2.22. The molecule has 4 heteroatoms. The lowest BCUT2D eigenvalue weighted by molar-refractivity contribution is -0.128. The van der Waals surface area contributed by atoms with Crippen molar-refractivity contribution < 1.29 is 9.90 Å². The first-order valence-electron chi connectivity index (χ1n) is 4.58. The summed E-state index contributed by atoms with van der Waals surface area (Å²) in [5, 5.41) is 14.3. The number of carbonyl (C=O) groups excluding carboxylic acids is 1. The summed E-state index contributed by atoms with van der Waals surface area (Å²) in [5.41, 5.74) is -0.385. The van der Waals surface area contributed by atoms with E-state index < -0.39 is 0 Å². The van der Waals surface area contributed by atoms with Crippen molar-refractivity contribution in [1.29, 1.82) is 0 Å². The molecule has 0 rings (SSSR count). The minimum Gasteiger partial charge on any atom is -0.396 e. The zero-order valence-electron chi connectivity index (χ0n) is 8.68. The van der Waals surface area contributed by atoms with E-state index in [4.69, 9.17) is 5.11 Å². The van der Waals surface area contributed by atoms with E-state index in [0.717, 1.165) is 13.0 Å². The molecule has 0 aliphatic heterocycles. The van der Waals surface area contributed by atoms with Crippen LogP contribution in [0.2, 0.25) is 0 Å². The van der Waals surface area contributed by atoms with Crippen LogP contribution in [0.4, 0.5) is 0 Å². The van der Waals surface area contributed by atoms with Gasteiger partial charge in [-0.2, -0.15) is 0 Å². The number of hydrogen-bond acceptors (Lipinski definition) is 3. The molecule has 3 N–H and O–H groups in total. The normalized spacial score (nSPS) is 11.4. The Labute approximate surface area is 79.7 Å². The summed E-state index contributed by atoms with van der Waals surface area (Å²) >= 11 is 0. The van der Waals surface area contributed by atoms with Gasteiger partial charge in [-0.1, -0.05) is 0 Å². The van der Waals surface area contributed by atoms with Crippen molar-refractivity contribution in [2.75, 3.05) is 26.7 Å². The Bertz CT molecular complexity index is 158. The molecule has 0 aliphatic carbocycles. The van der Waals surface area contributed by atoms with Gasteiger partial charge in [0.1, 0.15) is 0 Å². The number of carbonyl (C=O) groups is 1. The van der Waals surface area contributed by atoms with Crippen LogP contribution in [0.15, 0.2) is 0 Å². The van der Waals surface area contributed by atoms with Crippen LogP contribution in [-0.2, 0) is 4.79 Å². The standard InChI is InChI=1S/C9H20N2O2/c1-9(2,8(13)10-3)7-11-5-4-6-12/h11-12H,4-7H2,1-3H3,(H,10,13). The Morgan fingerprint density at radius 2 is 2.08 bits per heavy atom. The first kappa shape index (κ1) is 12.4. The van der Waals surface area contributed by atoms with Crippen molar-refractivity contribution in [1.82, 2.24) is 10.6 Å². The van der Waals surface area contributed by atoms with E-state index in [0.29, 0.717) is 6.54 Å². The summed E-state index contributed by atoms with van der Waals surface area (Å²) in [4.78, 5) is 11.3. The molecular formula is C9H20N2O2. The van der Waals surface area contributed by atoms with Crippen LogP contribution in [0, 0.1) is 5.41 Å². The fourth-order valence-electron chi connectivity index (χ4n) is 1.02. The minimum atomic E-state index is -0.385. The van der Waals surface area contributed by atoms with Gasteiger partial charge in [0.15, 0.2) is 0 Å². The van der Waals surface area contributed by atoms with Gasteiger partial charge in [-0.15, -0.1) is 0 Å². The molecule has 0 aliphatic rings. The monoisotopic (exact) mass is 188 g/mol. The Morgan fingerprint density at radius 3 is 2.54 bits per heavy atom. The summed E-state index contributed by atoms with van der Waals surface area (Å²) in [6, 6.07) is 0. The third-order valence-electron chi connectivity index (χ3n) is 1.92. The van der Waals surface area contributed by atoms with Gasteiger partial charge in [-0.3, -0.25) is 4.79 Å². The van der Waals surface area contributed by atoms with Crippen LogP contribution in [0.1, 0.15) is 20.3 Å².